The first-order valence-corrected chi connectivity index (χ1v) is 8.26. The average molecular weight is 378 g/mol. The Morgan fingerprint density at radius 1 is 0.750 bits per heavy atom. The van der Waals surface area contributed by atoms with E-state index in [0.29, 0.717) is 16.8 Å². The van der Waals surface area contributed by atoms with Gasteiger partial charge in [-0.1, -0.05) is 64.5 Å². The van der Waals surface area contributed by atoms with Crippen LogP contribution in [0.4, 0.5) is 0 Å². The molecule has 0 aliphatic carbocycles. The van der Waals surface area contributed by atoms with Crippen molar-refractivity contribution in [2.24, 2.45) is 0 Å². The molecule has 3 nitrogen and oxygen atoms in total. The first-order chi connectivity index (χ1) is 11.7. The summed E-state index contributed by atoms with van der Waals surface area (Å²) in [6.45, 7) is 0. The molecule has 0 radical (unpaired) electrons. The third-order valence-electron chi connectivity index (χ3n) is 3.83. The molecule has 0 atom stereocenters. The quantitative estimate of drug-likeness (QED) is 0.476. The third kappa shape index (κ3) is 2.76. The molecule has 1 aromatic heterocycles. The van der Waals surface area contributed by atoms with E-state index in [2.05, 4.69) is 20.9 Å². The van der Waals surface area contributed by atoms with Crippen LogP contribution >= 0.6 is 15.9 Å². The van der Waals surface area contributed by atoms with E-state index >= 15 is 0 Å². The normalized spacial score (nSPS) is 10.9. The van der Waals surface area contributed by atoms with Gasteiger partial charge in [-0.3, -0.25) is 0 Å². The smallest absolute Gasteiger partial charge is 0.363 e. The van der Waals surface area contributed by atoms with Crippen molar-refractivity contribution >= 4 is 27.0 Å². The molecule has 0 aliphatic rings. The van der Waals surface area contributed by atoms with Gasteiger partial charge in [-0.15, -0.1) is 0 Å². The Bertz CT molecular complexity index is 1070. The van der Waals surface area contributed by atoms with Gasteiger partial charge in [0.1, 0.15) is 5.52 Å². The van der Waals surface area contributed by atoms with E-state index in [0.717, 1.165) is 21.2 Å². The number of halogens is 1. The van der Waals surface area contributed by atoms with Crippen LogP contribution in [-0.4, -0.2) is 4.98 Å². The lowest BCUT2D eigenvalue weighted by Gasteiger charge is -2.05. The van der Waals surface area contributed by atoms with Crippen molar-refractivity contribution in [3.05, 3.63) is 87.7 Å². The number of para-hydroxylation sites is 2. The van der Waals surface area contributed by atoms with Crippen LogP contribution in [0.5, 0.6) is 0 Å². The molecule has 0 bridgehead atoms. The summed E-state index contributed by atoms with van der Waals surface area (Å²) in [7, 11) is 0. The Hall–Kier alpha value is -2.72. The molecule has 0 aliphatic heterocycles. The number of fused-ring (bicyclic) bond motifs is 1. The second-order valence-corrected chi connectivity index (χ2v) is 6.32. The van der Waals surface area contributed by atoms with E-state index in [1.165, 1.54) is 0 Å². The second-order valence-electron chi connectivity index (χ2n) is 5.40. The lowest BCUT2D eigenvalue weighted by molar-refractivity contribution is 0.558. The highest BCUT2D eigenvalue weighted by Gasteiger charge is 2.09. The van der Waals surface area contributed by atoms with E-state index < -0.39 is 5.63 Å². The minimum absolute atomic E-state index is 0.330. The van der Waals surface area contributed by atoms with Crippen molar-refractivity contribution in [1.29, 1.82) is 0 Å². The molecule has 0 spiro atoms. The maximum Gasteiger partial charge on any atom is 0.363 e. The maximum atomic E-state index is 12.2. The lowest BCUT2D eigenvalue weighted by atomic mass is 10.0. The second kappa shape index (κ2) is 6.06. The van der Waals surface area contributed by atoms with Crippen LogP contribution in [0.15, 0.2) is 86.5 Å². The molecule has 1 heterocycles. The van der Waals surface area contributed by atoms with E-state index in [4.69, 9.17) is 4.42 Å². The number of nitrogens with zero attached hydrogens (tertiary/aromatic N) is 1. The summed E-state index contributed by atoms with van der Waals surface area (Å²) in [5, 5.41) is 0. The molecule has 0 saturated heterocycles. The van der Waals surface area contributed by atoms with Gasteiger partial charge in [-0.2, -0.15) is 0 Å². The summed E-state index contributed by atoms with van der Waals surface area (Å²) in [5.41, 5.74) is 4.01. The number of benzene rings is 3. The van der Waals surface area contributed by atoms with Gasteiger partial charge in [0.05, 0.1) is 0 Å². The van der Waals surface area contributed by atoms with Crippen LogP contribution in [-0.2, 0) is 0 Å². The van der Waals surface area contributed by atoms with Crippen molar-refractivity contribution in [3.8, 4) is 22.4 Å². The van der Waals surface area contributed by atoms with Crippen LogP contribution in [0, 0.1) is 0 Å². The number of rotatable bonds is 2. The fourth-order valence-corrected chi connectivity index (χ4v) is 2.86. The average Bonchev–Trinajstić information content (AvgIpc) is 2.62. The Balaban J connectivity index is 1.76. The van der Waals surface area contributed by atoms with Crippen molar-refractivity contribution < 1.29 is 4.42 Å². The highest BCUT2D eigenvalue weighted by molar-refractivity contribution is 9.10. The van der Waals surface area contributed by atoms with Gasteiger partial charge >= 0.3 is 5.63 Å². The van der Waals surface area contributed by atoms with Gasteiger partial charge in [-0.05, 0) is 35.4 Å². The third-order valence-corrected chi connectivity index (χ3v) is 4.36. The number of hydrogen-bond donors (Lipinski definition) is 0. The topological polar surface area (TPSA) is 43.1 Å². The summed E-state index contributed by atoms with van der Waals surface area (Å²) in [4.78, 5) is 16.6. The molecule has 0 N–H and O–H groups in total. The summed E-state index contributed by atoms with van der Waals surface area (Å²) < 4.78 is 6.39. The minimum atomic E-state index is -0.426. The fourth-order valence-electron chi connectivity index (χ4n) is 2.60. The zero-order chi connectivity index (χ0) is 16.5. The highest BCUT2D eigenvalue weighted by atomic mass is 79.9. The summed E-state index contributed by atoms with van der Waals surface area (Å²) in [5.74, 6) is 0. The van der Waals surface area contributed by atoms with Gasteiger partial charge in [0.25, 0.3) is 0 Å². The van der Waals surface area contributed by atoms with Crippen LogP contribution in [0.2, 0.25) is 0 Å². The Morgan fingerprint density at radius 2 is 1.33 bits per heavy atom. The van der Waals surface area contributed by atoms with Gasteiger partial charge in [-0.25, -0.2) is 9.78 Å². The van der Waals surface area contributed by atoms with Crippen LogP contribution < -0.4 is 5.63 Å². The monoisotopic (exact) mass is 377 g/mol. The Labute approximate surface area is 146 Å². The molecule has 116 valence electrons. The largest absolute Gasteiger partial charge is 0.419 e. The maximum absolute atomic E-state index is 12.2. The van der Waals surface area contributed by atoms with Gasteiger partial charge in [0.2, 0.25) is 0 Å². The number of aromatic nitrogens is 1. The molecule has 0 amide bonds. The predicted molar refractivity (Wildman–Crippen MR) is 98.9 cm³/mol. The SMILES string of the molecule is O=c1oc2ccccc2nc1-c1ccc(-c2ccc(Br)cc2)cc1. The molecular formula is C20H12BrNO2. The van der Waals surface area contributed by atoms with Gasteiger partial charge in [0, 0.05) is 10.0 Å². The predicted octanol–water partition coefficient (Wildman–Crippen LogP) is 5.28. The van der Waals surface area contributed by atoms with E-state index in [9.17, 15) is 4.79 Å². The van der Waals surface area contributed by atoms with Crippen molar-refractivity contribution in [2.45, 2.75) is 0 Å². The standard InChI is InChI=1S/C20H12BrNO2/c21-16-11-9-14(10-12-16)13-5-7-15(8-6-13)19-20(23)24-18-4-2-1-3-17(18)22-19/h1-12H. The molecule has 0 saturated carbocycles. The van der Waals surface area contributed by atoms with Gasteiger partial charge < -0.3 is 4.42 Å². The number of hydrogen-bond acceptors (Lipinski definition) is 3. The van der Waals surface area contributed by atoms with Crippen molar-refractivity contribution in [3.63, 3.8) is 0 Å². The molecule has 24 heavy (non-hydrogen) atoms. The van der Waals surface area contributed by atoms with Gasteiger partial charge in [0.15, 0.2) is 11.3 Å². The zero-order valence-corrected chi connectivity index (χ0v) is 14.2. The van der Waals surface area contributed by atoms with E-state index in [-0.39, 0.29) is 0 Å². The molecule has 3 aromatic carbocycles. The highest BCUT2D eigenvalue weighted by Crippen LogP contribution is 2.25. The Kier molecular flexibility index (Phi) is 3.75. The van der Waals surface area contributed by atoms with Crippen LogP contribution in [0.3, 0.4) is 0 Å². The van der Waals surface area contributed by atoms with Crippen LogP contribution in [0.1, 0.15) is 0 Å². The fraction of sp³-hybridized carbons (Fsp3) is 0. The molecule has 0 fully saturated rings. The Morgan fingerprint density at radius 3 is 2.04 bits per heavy atom. The molecule has 0 unspecified atom stereocenters. The summed E-state index contributed by atoms with van der Waals surface area (Å²) in [6, 6.07) is 23.1. The first-order valence-electron chi connectivity index (χ1n) is 7.47. The first kappa shape index (κ1) is 14.8. The van der Waals surface area contributed by atoms with E-state index in [1.54, 1.807) is 6.07 Å². The minimum Gasteiger partial charge on any atom is -0.419 e. The molecule has 4 rings (SSSR count). The summed E-state index contributed by atoms with van der Waals surface area (Å²) in [6.07, 6.45) is 0. The molecule has 4 heteroatoms. The van der Waals surface area contributed by atoms with Crippen molar-refractivity contribution in [2.75, 3.05) is 0 Å². The lowest BCUT2D eigenvalue weighted by Crippen LogP contribution is -2.05. The molecular weight excluding hydrogens is 366 g/mol. The zero-order valence-electron chi connectivity index (χ0n) is 12.6. The molecule has 4 aromatic rings. The van der Waals surface area contributed by atoms with E-state index in [1.807, 2.05) is 66.7 Å². The van der Waals surface area contributed by atoms with Crippen molar-refractivity contribution in [1.82, 2.24) is 4.98 Å². The van der Waals surface area contributed by atoms with Crippen LogP contribution in [0.25, 0.3) is 33.5 Å². The summed E-state index contributed by atoms with van der Waals surface area (Å²) >= 11 is 3.43.